The van der Waals surface area contributed by atoms with Crippen LogP contribution < -0.4 is 0 Å². The molecule has 0 unspecified atom stereocenters. The minimum atomic E-state index is -1.19. The van der Waals surface area contributed by atoms with Crippen LogP contribution in [0.3, 0.4) is 0 Å². The van der Waals surface area contributed by atoms with Crippen LogP contribution in [0.15, 0.2) is 0 Å². The fourth-order valence-corrected chi connectivity index (χ4v) is 1.17. The molecule has 0 aromatic carbocycles. The third-order valence-electron chi connectivity index (χ3n) is 2.49. The van der Waals surface area contributed by atoms with Gasteiger partial charge in [-0.25, -0.2) is 4.79 Å². The summed E-state index contributed by atoms with van der Waals surface area (Å²) in [6.07, 6.45) is 7.49. The summed E-state index contributed by atoms with van der Waals surface area (Å²) in [5.41, 5.74) is 0. The Balaban J connectivity index is -0.000000257. The van der Waals surface area contributed by atoms with Crippen molar-refractivity contribution in [2.24, 2.45) is 0 Å². The molecule has 0 aliphatic rings. The van der Waals surface area contributed by atoms with E-state index in [0.717, 1.165) is 32.5 Å². The van der Waals surface area contributed by atoms with Crippen LogP contribution in [0.2, 0.25) is 0 Å². The molecule has 0 atom stereocenters. The Labute approximate surface area is 135 Å². The zero-order chi connectivity index (χ0) is 17.6. The second-order valence-corrected chi connectivity index (χ2v) is 4.85. The topological polar surface area (TPSA) is 107 Å². The lowest BCUT2D eigenvalue weighted by Gasteiger charge is -1.99. The van der Waals surface area contributed by atoms with Gasteiger partial charge in [0.25, 0.3) is 0 Å². The van der Waals surface area contributed by atoms with Crippen molar-refractivity contribution in [2.75, 3.05) is 19.8 Å². The Morgan fingerprint density at radius 1 is 0.909 bits per heavy atom. The molecule has 0 radical (unpaired) electrons. The molecular formula is C16H36O6. The smallest absolute Gasteiger partial charge is 0.329 e. The minimum absolute atomic E-state index is 0.522. The van der Waals surface area contributed by atoms with E-state index < -0.39 is 18.9 Å². The van der Waals surface area contributed by atoms with Crippen molar-refractivity contribution < 1.29 is 30.0 Å². The quantitative estimate of drug-likeness (QED) is 0.344. The average Bonchev–Trinajstić information content (AvgIpc) is 2.48. The van der Waals surface area contributed by atoms with Crippen LogP contribution in [0.25, 0.3) is 0 Å². The highest BCUT2D eigenvalue weighted by molar-refractivity contribution is 5.67. The van der Waals surface area contributed by atoms with Crippen LogP contribution in [-0.4, -0.2) is 52.5 Å². The number of carbonyl (C=O) groups is 1. The first kappa shape index (κ1) is 26.2. The molecule has 136 valence electrons. The number of aliphatic hydroxyl groups is 3. The second kappa shape index (κ2) is 25.3. The van der Waals surface area contributed by atoms with Gasteiger partial charge in [-0.15, -0.1) is 0 Å². The Morgan fingerprint density at radius 2 is 1.32 bits per heavy atom. The molecule has 6 heteroatoms. The van der Waals surface area contributed by atoms with E-state index >= 15 is 0 Å². The molecule has 0 fully saturated rings. The molecule has 0 aliphatic carbocycles. The molecule has 0 aliphatic heterocycles. The largest absolute Gasteiger partial charge is 0.480 e. The number of unbranched alkanes of at least 4 members (excludes halogenated alkanes) is 4. The van der Waals surface area contributed by atoms with E-state index in [9.17, 15) is 0 Å². The van der Waals surface area contributed by atoms with Crippen LogP contribution in [0.5, 0.6) is 0 Å². The van der Waals surface area contributed by atoms with E-state index in [-0.39, 0.29) is 0 Å². The number of rotatable bonds is 11. The lowest BCUT2D eigenvalue weighted by atomic mass is 10.2. The van der Waals surface area contributed by atoms with E-state index in [1.54, 1.807) is 0 Å². The highest BCUT2D eigenvalue weighted by atomic mass is 16.5. The summed E-state index contributed by atoms with van der Waals surface area (Å²) in [4.78, 5) is 9.12. The molecule has 6 nitrogen and oxygen atoms in total. The van der Waals surface area contributed by atoms with E-state index in [4.69, 9.17) is 30.0 Å². The molecular weight excluding hydrogens is 288 g/mol. The molecule has 0 heterocycles. The fraction of sp³-hybridized carbons (Fsp3) is 0.938. The van der Waals surface area contributed by atoms with Crippen LogP contribution in [0.1, 0.15) is 72.1 Å². The number of aliphatic carboxylic acids is 1. The maximum atomic E-state index is 9.12. The van der Waals surface area contributed by atoms with Crippen LogP contribution >= 0.6 is 0 Å². The van der Waals surface area contributed by atoms with Gasteiger partial charge in [-0.1, -0.05) is 46.5 Å². The molecule has 0 saturated carbocycles. The van der Waals surface area contributed by atoms with Gasteiger partial charge in [-0.05, 0) is 25.7 Å². The van der Waals surface area contributed by atoms with Crippen LogP contribution in [0, 0.1) is 0 Å². The van der Waals surface area contributed by atoms with Gasteiger partial charge in [-0.2, -0.15) is 0 Å². The van der Waals surface area contributed by atoms with Gasteiger partial charge in [-0.3, -0.25) is 0 Å². The van der Waals surface area contributed by atoms with Crippen LogP contribution in [-0.2, 0) is 9.53 Å². The summed E-state index contributed by atoms with van der Waals surface area (Å²) < 4.78 is 5.31. The maximum absolute atomic E-state index is 9.12. The van der Waals surface area contributed by atoms with E-state index in [1.165, 1.54) is 25.7 Å². The monoisotopic (exact) mass is 324 g/mol. The van der Waals surface area contributed by atoms with E-state index in [1.807, 2.05) is 0 Å². The standard InChI is InChI=1S/C8H18O.C6H14O2.C2H4O3/c1-3-5-7-9-8-6-4-2;1-2-3-4-5-6(7)8;3-1-2(4)5/h3-8H2,1-2H3;6-8H,2-5H2,1H3;3H,1H2,(H,4,5). The van der Waals surface area contributed by atoms with Crippen molar-refractivity contribution in [1.29, 1.82) is 0 Å². The zero-order valence-electron chi connectivity index (χ0n) is 14.5. The number of hydrogen-bond donors (Lipinski definition) is 4. The molecule has 0 aromatic rings. The van der Waals surface area contributed by atoms with Gasteiger partial charge in [0.1, 0.15) is 6.61 Å². The first-order valence-electron chi connectivity index (χ1n) is 8.22. The first-order chi connectivity index (χ1) is 10.5. The summed E-state index contributed by atoms with van der Waals surface area (Å²) in [5.74, 6) is -1.19. The molecule has 0 amide bonds. The predicted octanol–water partition coefficient (Wildman–Crippen LogP) is 2.54. The highest BCUT2D eigenvalue weighted by Gasteiger charge is 1.93. The van der Waals surface area contributed by atoms with Gasteiger partial charge >= 0.3 is 5.97 Å². The number of hydrogen-bond acceptors (Lipinski definition) is 5. The van der Waals surface area contributed by atoms with Gasteiger partial charge in [0.05, 0.1) is 0 Å². The van der Waals surface area contributed by atoms with Crippen LogP contribution in [0.4, 0.5) is 0 Å². The SMILES string of the molecule is CCCCCC(O)O.CCCCOCCCC.O=C(O)CO. The van der Waals surface area contributed by atoms with Crippen molar-refractivity contribution in [1.82, 2.24) is 0 Å². The summed E-state index contributed by atoms with van der Waals surface area (Å²) >= 11 is 0. The minimum Gasteiger partial charge on any atom is -0.480 e. The maximum Gasteiger partial charge on any atom is 0.329 e. The number of ether oxygens (including phenoxy) is 1. The molecule has 22 heavy (non-hydrogen) atoms. The Morgan fingerprint density at radius 3 is 1.59 bits per heavy atom. The van der Waals surface area contributed by atoms with Gasteiger partial charge < -0.3 is 25.2 Å². The van der Waals surface area contributed by atoms with E-state index in [0.29, 0.717) is 6.42 Å². The van der Waals surface area contributed by atoms with Gasteiger partial charge in [0.2, 0.25) is 0 Å². The zero-order valence-corrected chi connectivity index (χ0v) is 14.5. The van der Waals surface area contributed by atoms with Gasteiger partial charge in [0, 0.05) is 13.2 Å². The third-order valence-corrected chi connectivity index (χ3v) is 2.49. The molecule has 4 N–H and O–H groups in total. The van der Waals surface area contributed by atoms with Crippen molar-refractivity contribution in [3.05, 3.63) is 0 Å². The second-order valence-electron chi connectivity index (χ2n) is 4.85. The Bertz CT molecular complexity index is 191. The Kier molecular flexibility index (Phi) is 30.1. The van der Waals surface area contributed by atoms with Crippen molar-refractivity contribution in [2.45, 2.75) is 78.4 Å². The predicted molar refractivity (Wildman–Crippen MR) is 87.7 cm³/mol. The average molecular weight is 324 g/mol. The lowest BCUT2D eigenvalue weighted by Crippen LogP contribution is -2.02. The summed E-state index contributed by atoms with van der Waals surface area (Å²) in [7, 11) is 0. The normalized spacial score (nSPS) is 9.59. The van der Waals surface area contributed by atoms with Crippen molar-refractivity contribution in [3.63, 3.8) is 0 Å². The molecule has 0 aromatic heterocycles. The molecule has 0 spiro atoms. The van der Waals surface area contributed by atoms with E-state index in [2.05, 4.69) is 20.8 Å². The number of carboxylic acid groups (broad SMARTS) is 1. The van der Waals surface area contributed by atoms with Crippen molar-refractivity contribution >= 4 is 5.97 Å². The molecule has 0 bridgehead atoms. The number of aliphatic hydroxyl groups excluding tert-OH is 2. The lowest BCUT2D eigenvalue weighted by molar-refractivity contribution is -0.140. The fourth-order valence-electron chi connectivity index (χ4n) is 1.17. The third kappa shape index (κ3) is 42.7. The summed E-state index contributed by atoms with van der Waals surface area (Å²) in [5, 5.41) is 31.7. The van der Waals surface area contributed by atoms with Gasteiger partial charge in [0.15, 0.2) is 6.29 Å². The Hall–Kier alpha value is -0.690. The number of carboxylic acids is 1. The van der Waals surface area contributed by atoms with Crippen molar-refractivity contribution in [3.8, 4) is 0 Å². The molecule has 0 rings (SSSR count). The summed E-state index contributed by atoms with van der Waals surface area (Å²) in [6, 6.07) is 0. The summed E-state index contributed by atoms with van der Waals surface area (Å²) in [6.45, 7) is 7.59. The molecule has 0 saturated heterocycles. The highest BCUT2D eigenvalue weighted by Crippen LogP contribution is 1.99. The first-order valence-corrected chi connectivity index (χ1v) is 8.22.